The Morgan fingerprint density at radius 1 is 1.32 bits per heavy atom. The minimum Gasteiger partial charge on any atom is -0.480 e. The van der Waals surface area contributed by atoms with E-state index in [-0.39, 0.29) is 25.2 Å². The topological polar surface area (TPSA) is 119 Å². The number of likely N-dealkylation sites (N-methyl/N-ethyl adjacent to an activating group) is 1. The van der Waals surface area contributed by atoms with Gasteiger partial charge in [-0.05, 0) is 6.42 Å². The molecule has 0 radical (unpaired) electrons. The molecule has 0 heterocycles. The molecule has 8 nitrogen and oxygen atoms in total. The van der Waals surface area contributed by atoms with E-state index < -0.39 is 29.9 Å². The van der Waals surface area contributed by atoms with Crippen molar-refractivity contribution in [1.82, 2.24) is 5.32 Å². The minimum atomic E-state index is -1.17. The molecule has 0 aromatic carbocycles. The lowest BCUT2D eigenvalue weighted by molar-refractivity contribution is -0.870. The highest BCUT2D eigenvalue weighted by molar-refractivity contribution is 7.80. The Bertz CT molecular complexity index is 398. The van der Waals surface area contributed by atoms with E-state index in [9.17, 15) is 14.4 Å². The van der Waals surface area contributed by atoms with Crippen LogP contribution < -0.4 is 11.1 Å². The monoisotopic (exact) mass is 336 g/mol. The molecule has 4 N–H and O–H groups in total. The Labute approximate surface area is 136 Å². The number of quaternary nitrogens is 1. The first kappa shape index (κ1) is 20.7. The highest BCUT2D eigenvalue weighted by Crippen LogP contribution is 1.99. The summed E-state index contributed by atoms with van der Waals surface area (Å²) in [6.07, 6.45) is -0.0824. The fourth-order valence-corrected chi connectivity index (χ4v) is 1.62. The van der Waals surface area contributed by atoms with E-state index in [4.69, 9.17) is 15.6 Å². The first-order valence-corrected chi connectivity index (χ1v) is 7.55. The molecular weight excluding hydrogens is 310 g/mol. The Kier molecular flexibility index (Phi) is 9.07. The molecule has 128 valence electrons. The molecule has 0 aliphatic heterocycles. The number of nitrogens with two attached hydrogens (primary N) is 1. The number of thiol groups is 1. The van der Waals surface area contributed by atoms with Gasteiger partial charge in [0.15, 0.2) is 0 Å². The fraction of sp³-hybridized carbons (Fsp3) is 0.769. The molecule has 0 fully saturated rings. The van der Waals surface area contributed by atoms with Crippen LogP contribution in [0.25, 0.3) is 0 Å². The van der Waals surface area contributed by atoms with E-state index in [1.807, 2.05) is 21.1 Å². The quantitative estimate of drug-likeness (QED) is 0.227. The fourth-order valence-electron chi connectivity index (χ4n) is 1.38. The Balaban J connectivity index is 4.20. The molecular formula is C13H26N3O5S+. The summed E-state index contributed by atoms with van der Waals surface area (Å²) in [6, 6.07) is -1.96. The van der Waals surface area contributed by atoms with Gasteiger partial charge in [0.25, 0.3) is 0 Å². The van der Waals surface area contributed by atoms with Crippen molar-refractivity contribution in [2.24, 2.45) is 5.73 Å². The number of carbonyl (C=O) groups excluding carboxylic acids is 2. The molecule has 0 bridgehead atoms. The second kappa shape index (κ2) is 9.65. The zero-order valence-corrected chi connectivity index (χ0v) is 14.1. The highest BCUT2D eigenvalue weighted by Gasteiger charge is 2.22. The van der Waals surface area contributed by atoms with Crippen LogP contribution in [0.3, 0.4) is 0 Å². The normalized spacial score (nSPS) is 14.0. The van der Waals surface area contributed by atoms with Crippen LogP contribution in [0.5, 0.6) is 0 Å². The van der Waals surface area contributed by atoms with Gasteiger partial charge in [-0.15, -0.1) is 0 Å². The molecule has 2 atom stereocenters. The van der Waals surface area contributed by atoms with Gasteiger partial charge in [0.05, 0.1) is 21.1 Å². The van der Waals surface area contributed by atoms with E-state index >= 15 is 0 Å². The maximum atomic E-state index is 11.8. The second-order valence-corrected chi connectivity index (χ2v) is 6.33. The van der Waals surface area contributed by atoms with Gasteiger partial charge in [0.2, 0.25) is 5.91 Å². The summed E-state index contributed by atoms with van der Waals surface area (Å²) >= 11 is 4.01. The molecule has 0 aromatic heterocycles. The van der Waals surface area contributed by atoms with E-state index in [0.717, 1.165) is 0 Å². The number of ether oxygens (including phenoxy) is 1. The first-order valence-electron chi connectivity index (χ1n) is 6.92. The molecule has 0 aromatic rings. The number of nitrogens with zero attached hydrogens (tertiary/aromatic N) is 1. The number of carboxylic acid groups (broad SMARTS) is 1. The molecule has 0 aliphatic carbocycles. The van der Waals surface area contributed by atoms with Gasteiger partial charge < -0.3 is 25.4 Å². The maximum Gasteiger partial charge on any atom is 0.329 e. The van der Waals surface area contributed by atoms with Crippen LogP contribution in [0.2, 0.25) is 0 Å². The van der Waals surface area contributed by atoms with Crippen molar-refractivity contribution in [3.8, 4) is 0 Å². The van der Waals surface area contributed by atoms with Crippen LogP contribution in [0.4, 0.5) is 0 Å². The summed E-state index contributed by atoms with van der Waals surface area (Å²) in [5.74, 6) is -2.09. The number of rotatable bonds is 10. The van der Waals surface area contributed by atoms with Crippen LogP contribution in [-0.4, -0.2) is 79.6 Å². The third-order valence-corrected chi connectivity index (χ3v) is 3.17. The number of amides is 1. The molecule has 22 heavy (non-hydrogen) atoms. The summed E-state index contributed by atoms with van der Waals surface area (Å²) < 4.78 is 5.75. The Morgan fingerprint density at radius 2 is 1.91 bits per heavy atom. The lowest BCUT2D eigenvalue weighted by Crippen LogP contribution is -2.45. The zero-order chi connectivity index (χ0) is 17.3. The van der Waals surface area contributed by atoms with Gasteiger partial charge in [-0.2, -0.15) is 12.6 Å². The van der Waals surface area contributed by atoms with Crippen LogP contribution in [-0.2, 0) is 19.1 Å². The second-order valence-electron chi connectivity index (χ2n) is 5.97. The summed E-state index contributed by atoms with van der Waals surface area (Å²) in [4.78, 5) is 34.1. The van der Waals surface area contributed by atoms with E-state index in [1.165, 1.54) is 0 Å². The average Bonchev–Trinajstić information content (AvgIpc) is 2.40. The van der Waals surface area contributed by atoms with Crippen molar-refractivity contribution in [2.45, 2.75) is 24.9 Å². The van der Waals surface area contributed by atoms with Gasteiger partial charge in [-0.25, -0.2) is 4.79 Å². The van der Waals surface area contributed by atoms with Gasteiger partial charge in [-0.1, -0.05) is 0 Å². The molecule has 0 saturated carbocycles. The minimum absolute atomic E-state index is 0.00297. The third kappa shape index (κ3) is 9.59. The van der Waals surface area contributed by atoms with Crippen molar-refractivity contribution in [2.75, 3.05) is 40.0 Å². The van der Waals surface area contributed by atoms with Crippen LogP contribution in [0.1, 0.15) is 12.8 Å². The third-order valence-electron chi connectivity index (χ3n) is 2.81. The van der Waals surface area contributed by atoms with Crippen LogP contribution in [0.15, 0.2) is 0 Å². The number of carboxylic acids is 1. The molecule has 1 amide bonds. The number of nitrogens with one attached hydrogen (secondary N) is 1. The van der Waals surface area contributed by atoms with Gasteiger partial charge >= 0.3 is 11.9 Å². The molecule has 0 aliphatic rings. The average molecular weight is 336 g/mol. The lowest BCUT2D eigenvalue weighted by Gasteiger charge is -2.24. The van der Waals surface area contributed by atoms with Gasteiger partial charge in [0, 0.05) is 12.2 Å². The summed E-state index contributed by atoms with van der Waals surface area (Å²) in [7, 11) is 5.91. The predicted octanol–water partition coefficient (Wildman–Crippen LogP) is -1.16. The largest absolute Gasteiger partial charge is 0.480 e. The summed E-state index contributed by atoms with van der Waals surface area (Å²) in [6.45, 7) is 0.888. The van der Waals surface area contributed by atoms with E-state index in [1.54, 1.807) is 0 Å². The zero-order valence-electron chi connectivity index (χ0n) is 13.2. The van der Waals surface area contributed by atoms with Crippen LogP contribution >= 0.6 is 12.6 Å². The number of hydrogen-bond donors (Lipinski definition) is 4. The van der Waals surface area contributed by atoms with Gasteiger partial charge in [-0.3, -0.25) is 9.59 Å². The number of carbonyl (C=O) groups is 3. The van der Waals surface area contributed by atoms with Crippen LogP contribution in [0, 0.1) is 0 Å². The predicted molar refractivity (Wildman–Crippen MR) is 84.5 cm³/mol. The SMILES string of the molecule is C[N+](C)(C)CCOC(=O)[C@H](CS)NC(=O)CC[C@@H](N)C(=O)O. The molecule has 9 heteroatoms. The summed E-state index contributed by atoms with van der Waals surface area (Å²) in [5, 5.41) is 11.1. The van der Waals surface area contributed by atoms with E-state index in [2.05, 4.69) is 17.9 Å². The summed E-state index contributed by atoms with van der Waals surface area (Å²) in [5.41, 5.74) is 5.31. The number of hydrogen-bond acceptors (Lipinski definition) is 6. The van der Waals surface area contributed by atoms with Gasteiger partial charge in [0.1, 0.15) is 25.2 Å². The smallest absolute Gasteiger partial charge is 0.329 e. The lowest BCUT2D eigenvalue weighted by atomic mass is 10.1. The van der Waals surface area contributed by atoms with Crippen molar-refractivity contribution in [3.63, 3.8) is 0 Å². The Hall–Kier alpha value is -1.32. The van der Waals surface area contributed by atoms with Crippen molar-refractivity contribution >= 4 is 30.5 Å². The van der Waals surface area contributed by atoms with E-state index in [0.29, 0.717) is 11.0 Å². The number of aliphatic carboxylic acids is 1. The van der Waals surface area contributed by atoms with Crippen molar-refractivity contribution in [3.05, 3.63) is 0 Å². The molecule has 0 saturated heterocycles. The molecule has 0 spiro atoms. The highest BCUT2D eigenvalue weighted by atomic mass is 32.1. The maximum absolute atomic E-state index is 11.8. The molecule has 0 unspecified atom stereocenters. The van der Waals surface area contributed by atoms with Crippen molar-refractivity contribution < 1.29 is 28.7 Å². The van der Waals surface area contributed by atoms with Crippen molar-refractivity contribution in [1.29, 1.82) is 0 Å². The standard InChI is InChI=1S/C13H25N3O5S/c1-16(2,3)6-7-21-13(20)10(8-22)15-11(17)5-4-9(14)12(18)19/h9-10H,4-8,14H2,1-3H3,(H2-,15,17,18,19,22)/p+1/t9-,10+/m1/s1. The molecule has 0 rings (SSSR count). The number of esters is 1. The first-order chi connectivity index (χ1) is 10.1. The Morgan fingerprint density at radius 3 is 2.36 bits per heavy atom.